The molecule has 0 aliphatic rings. The first-order chi connectivity index (χ1) is 5.99. The van der Waals surface area contributed by atoms with Gasteiger partial charge in [-0.2, -0.15) is 0 Å². The Morgan fingerprint density at radius 2 is 2.15 bits per heavy atom. The molecule has 1 amide bonds. The van der Waals surface area contributed by atoms with Crippen molar-refractivity contribution in [1.29, 1.82) is 0 Å². The Morgan fingerprint density at radius 3 is 2.54 bits per heavy atom. The third-order valence-electron chi connectivity index (χ3n) is 1.41. The van der Waals surface area contributed by atoms with Crippen molar-refractivity contribution in [3.05, 3.63) is 0 Å². The van der Waals surface area contributed by atoms with Crippen molar-refractivity contribution in [2.24, 2.45) is 5.73 Å². The Morgan fingerprint density at radius 1 is 1.62 bits per heavy atom. The van der Waals surface area contributed by atoms with Crippen molar-refractivity contribution in [2.45, 2.75) is 19.0 Å². The van der Waals surface area contributed by atoms with Crippen LogP contribution in [-0.4, -0.2) is 42.8 Å². The zero-order chi connectivity index (χ0) is 10.4. The average Bonchev–Trinajstić information content (AvgIpc) is 2.04. The molecule has 0 spiro atoms. The minimum Gasteiger partial charge on any atom is -0.480 e. The molecule has 0 aliphatic heterocycles. The van der Waals surface area contributed by atoms with Gasteiger partial charge in [0.2, 0.25) is 5.91 Å². The predicted octanol–water partition coefficient (Wildman–Crippen LogP) is -1.45. The maximum atomic E-state index is 11.1. The first kappa shape index (κ1) is 11.9. The van der Waals surface area contributed by atoms with Crippen LogP contribution in [0, 0.1) is 0 Å². The van der Waals surface area contributed by atoms with E-state index in [4.69, 9.17) is 10.8 Å². The number of nitrogens with two attached hydrogens (primary N) is 1. The van der Waals surface area contributed by atoms with Gasteiger partial charge in [0, 0.05) is 7.11 Å². The highest BCUT2D eigenvalue weighted by Gasteiger charge is 2.18. The molecule has 0 aromatic rings. The van der Waals surface area contributed by atoms with Gasteiger partial charge in [0.15, 0.2) is 0 Å². The molecule has 76 valence electrons. The number of hydrogen-bond acceptors (Lipinski definition) is 4. The summed E-state index contributed by atoms with van der Waals surface area (Å²) in [5, 5.41) is 10.7. The maximum Gasteiger partial charge on any atom is 0.325 e. The van der Waals surface area contributed by atoms with Crippen molar-refractivity contribution in [3.63, 3.8) is 0 Å². The number of carboxylic acids is 1. The standard InChI is InChI=1S/C7H14N2O4/c1-4(7(11)12)9-6(10)5(8)3-13-2/h4-5H,3,8H2,1-2H3,(H,9,10)(H,11,12). The molecule has 2 unspecified atom stereocenters. The number of rotatable bonds is 5. The van der Waals surface area contributed by atoms with Crippen molar-refractivity contribution in [1.82, 2.24) is 5.32 Å². The van der Waals surface area contributed by atoms with E-state index in [-0.39, 0.29) is 6.61 Å². The summed E-state index contributed by atoms with van der Waals surface area (Å²) >= 11 is 0. The summed E-state index contributed by atoms with van der Waals surface area (Å²) in [5.74, 6) is -1.63. The van der Waals surface area contributed by atoms with Crippen LogP contribution in [-0.2, 0) is 14.3 Å². The van der Waals surface area contributed by atoms with Gasteiger partial charge in [0.25, 0.3) is 0 Å². The van der Waals surface area contributed by atoms with E-state index < -0.39 is 24.0 Å². The normalized spacial score (nSPS) is 14.7. The number of ether oxygens (including phenoxy) is 1. The van der Waals surface area contributed by atoms with E-state index in [1.165, 1.54) is 14.0 Å². The fourth-order valence-corrected chi connectivity index (χ4v) is 0.637. The number of amides is 1. The van der Waals surface area contributed by atoms with E-state index in [0.717, 1.165) is 0 Å². The first-order valence-corrected chi connectivity index (χ1v) is 3.76. The lowest BCUT2D eigenvalue weighted by molar-refractivity contribution is -0.141. The largest absolute Gasteiger partial charge is 0.480 e. The smallest absolute Gasteiger partial charge is 0.325 e. The van der Waals surface area contributed by atoms with Gasteiger partial charge in [0.1, 0.15) is 12.1 Å². The molecule has 0 aromatic carbocycles. The zero-order valence-electron chi connectivity index (χ0n) is 7.61. The highest BCUT2D eigenvalue weighted by atomic mass is 16.5. The summed E-state index contributed by atoms with van der Waals surface area (Å²) in [6, 6.07) is -1.76. The summed E-state index contributed by atoms with van der Waals surface area (Å²) in [6.07, 6.45) is 0. The van der Waals surface area contributed by atoms with E-state index >= 15 is 0 Å². The quantitative estimate of drug-likeness (QED) is 0.492. The topological polar surface area (TPSA) is 102 Å². The minimum atomic E-state index is -1.10. The molecule has 0 fully saturated rings. The molecule has 6 nitrogen and oxygen atoms in total. The molecule has 0 aliphatic carbocycles. The fraction of sp³-hybridized carbons (Fsp3) is 0.714. The molecule has 6 heteroatoms. The van der Waals surface area contributed by atoms with Crippen LogP contribution in [0.5, 0.6) is 0 Å². The minimum absolute atomic E-state index is 0.0676. The number of nitrogens with one attached hydrogen (secondary N) is 1. The second kappa shape index (κ2) is 5.50. The molecule has 0 bridgehead atoms. The molecule has 0 saturated heterocycles. The number of methoxy groups -OCH3 is 1. The van der Waals surface area contributed by atoms with Crippen LogP contribution < -0.4 is 11.1 Å². The van der Waals surface area contributed by atoms with Crippen LogP contribution in [0.1, 0.15) is 6.92 Å². The van der Waals surface area contributed by atoms with Gasteiger partial charge in [-0.15, -0.1) is 0 Å². The Hall–Kier alpha value is -1.14. The highest BCUT2D eigenvalue weighted by Crippen LogP contribution is 1.85. The van der Waals surface area contributed by atoms with Gasteiger partial charge in [-0.3, -0.25) is 9.59 Å². The molecular weight excluding hydrogens is 176 g/mol. The molecule has 2 atom stereocenters. The number of carbonyl (C=O) groups is 2. The van der Waals surface area contributed by atoms with Gasteiger partial charge in [-0.05, 0) is 6.92 Å². The lowest BCUT2D eigenvalue weighted by Crippen LogP contribution is -2.48. The molecule has 4 N–H and O–H groups in total. The van der Waals surface area contributed by atoms with E-state index in [2.05, 4.69) is 10.1 Å². The van der Waals surface area contributed by atoms with Crippen molar-refractivity contribution < 1.29 is 19.4 Å². The molecule has 0 saturated carbocycles. The average molecular weight is 190 g/mol. The summed E-state index contributed by atoms with van der Waals surface area (Å²) in [6.45, 7) is 1.43. The Kier molecular flexibility index (Phi) is 5.01. The SMILES string of the molecule is COCC(N)C(=O)NC(C)C(=O)O. The fourth-order valence-electron chi connectivity index (χ4n) is 0.637. The molecular formula is C7H14N2O4. The number of aliphatic carboxylic acids is 1. The van der Waals surface area contributed by atoms with Crippen molar-refractivity contribution >= 4 is 11.9 Å². The predicted molar refractivity (Wildman–Crippen MR) is 45.1 cm³/mol. The second-order valence-corrected chi connectivity index (χ2v) is 2.63. The van der Waals surface area contributed by atoms with Crippen LogP contribution in [0.2, 0.25) is 0 Å². The monoisotopic (exact) mass is 190 g/mol. The van der Waals surface area contributed by atoms with E-state index in [0.29, 0.717) is 0 Å². The Bertz CT molecular complexity index is 195. The lowest BCUT2D eigenvalue weighted by Gasteiger charge is -2.13. The lowest BCUT2D eigenvalue weighted by atomic mass is 10.2. The Balaban J connectivity index is 3.92. The number of hydrogen-bond donors (Lipinski definition) is 3. The third kappa shape index (κ3) is 4.44. The van der Waals surface area contributed by atoms with Gasteiger partial charge in [-0.25, -0.2) is 0 Å². The number of carboxylic acid groups (broad SMARTS) is 1. The second-order valence-electron chi connectivity index (χ2n) is 2.63. The summed E-state index contributed by atoms with van der Waals surface area (Å²) in [7, 11) is 1.41. The third-order valence-corrected chi connectivity index (χ3v) is 1.41. The van der Waals surface area contributed by atoms with E-state index in [1.54, 1.807) is 0 Å². The summed E-state index contributed by atoms with van der Waals surface area (Å²) in [4.78, 5) is 21.4. The van der Waals surface area contributed by atoms with E-state index in [1.807, 2.05) is 0 Å². The maximum absolute atomic E-state index is 11.1. The molecule has 0 radical (unpaired) electrons. The van der Waals surface area contributed by atoms with Gasteiger partial charge >= 0.3 is 5.97 Å². The van der Waals surface area contributed by atoms with E-state index in [9.17, 15) is 9.59 Å². The van der Waals surface area contributed by atoms with Crippen LogP contribution in [0.25, 0.3) is 0 Å². The zero-order valence-corrected chi connectivity index (χ0v) is 7.61. The van der Waals surface area contributed by atoms with Crippen LogP contribution >= 0.6 is 0 Å². The Labute approximate surface area is 76.0 Å². The van der Waals surface area contributed by atoms with Crippen LogP contribution in [0.15, 0.2) is 0 Å². The summed E-state index contributed by atoms with van der Waals surface area (Å²) < 4.78 is 4.63. The first-order valence-electron chi connectivity index (χ1n) is 3.76. The van der Waals surface area contributed by atoms with Gasteiger partial charge in [-0.1, -0.05) is 0 Å². The van der Waals surface area contributed by atoms with Gasteiger partial charge < -0.3 is 20.9 Å². The van der Waals surface area contributed by atoms with Crippen LogP contribution in [0.3, 0.4) is 0 Å². The van der Waals surface area contributed by atoms with Crippen LogP contribution in [0.4, 0.5) is 0 Å². The highest BCUT2D eigenvalue weighted by molar-refractivity contribution is 5.86. The molecule has 0 rings (SSSR count). The van der Waals surface area contributed by atoms with Crippen molar-refractivity contribution in [3.8, 4) is 0 Å². The molecule has 0 heterocycles. The van der Waals surface area contributed by atoms with Gasteiger partial charge in [0.05, 0.1) is 6.61 Å². The number of carbonyl (C=O) groups excluding carboxylic acids is 1. The van der Waals surface area contributed by atoms with Crippen molar-refractivity contribution in [2.75, 3.05) is 13.7 Å². The summed E-state index contributed by atoms with van der Waals surface area (Å²) in [5.41, 5.74) is 5.35. The molecule has 0 aromatic heterocycles. The molecule has 13 heavy (non-hydrogen) atoms.